The first-order valence-corrected chi connectivity index (χ1v) is 20.1. The van der Waals surface area contributed by atoms with E-state index in [1.807, 2.05) is 6.92 Å². The molecule has 1 amide bonds. The summed E-state index contributed by atoms with van der Waals surface area (Å²) in [6.07, 6.45) is 3.77. The lowest BCUT2D eigenvalue weighted by Crippen LogP contribution is -2.63. The number of thioether (sulfide) groups is 1. The van der Waals surface area contributed by atoms with Crippen molar-refractivity contribution >= 4 is 51.0 Å². The highest BCUT2D eigenvalue weighted by atomic mass is 32.2. The molecule has 3 fully saturated rings. The van der Waals surface area contributed by atoms with Gasteiger partial charge in [0.25, 0.3) is 15.9 Å². The molecular formula is C39H47N3O8S2. The molecule has 2 aromatic carbocycles. The van der Waals surface area contributed by atoms with Crippen molar-refractivity contribution in [2.75, 3.05) is 15.8 Å². The van der Waals surface area contributed by atoms with E-state index in [-0.39, 0.29) is 45.4 Å². The standard InChI is InChI=1S/C39H47N3O8S2/c1-7-37(5)21-31(38(6)23(2)15-17-39(25(4)35(37)45)18-16-30(43)34(38)39)49-33(44)22-51-28-10-8-9-26(20-28)36(46)40-27-11-13-29(14-12-27)52(47,48)42-32-19-24(3)50-41-32/h7-14,19-20,23,25,31,34-35,45H,1,15-18,21-22H2,2-6H3,(H,40,46)(H,41,42)/t23-,25+,31-,34+,35+,37-,38+,39+/m1/s1. The lowest BCUT2D eigenvalue weighted by atomic mass is 9.44. The van der Waals surface area contributed by atoms with Crippen LogP contribution in [0, 0.1) is 40.9 Å². The number of anilines is 2. The van der Waals surface area contributed by atoms with Gasteiger partial charge >= 0.3 is 5.97 Å². The third kappa shape index (κ3) is 6.82. The molecule has 0 unspecified atom stereocenters. The highest BCUT2D eigenvalue weighted by Gasteiger charge is 2.68. The molecule has 52 heavy (non-hydrogen) atoms. The molecule has 3 aliphatic rings. The van der Waals surface area contributed by atoms with E-state index in [4.69, 9.17) is 9.26 Å². The number of rotatable bonds is 10. The Morgan fingerprint density at radius 2 is 1.87 bits per heavy atom. The zero-order valence-electron chi connectivity index (χ0n) is 30.2. The minimum absolute atomic E-state index is 0.0164. The van der Waals surface area contributed by atoms with Gasteiger partial charge in [-0.1, -0.05) is 45.0 Å². The molecule has 1 aromatic heterocycles. The van der Waals surface area contributed by atoms with Crippen molar-refractivity contribution in [1.29, 1.82) is 0 Å². The number of hydrogen-bond acceptors (Lipinski definition) is 10. The number of benzene rings is 2. The predicted octanol–water partition coefficient (Wildman–Crippen LogP) is 7.03. The fourth-order valence-electron chi connectivity index (χ4n) is 9.10. The van der Waals surface area contributed by atoms with Crippen molar-refractivity contribution in [3.63, 3.8) is 0 Å². The van der Waals surface area contributed by atoms with Crippen LogP contribution in [0.4, 0.5) is 11.5 Å². The molecule has 13 heteroatoms. The van der Waals surface area contributed by atoms with E-state index in [1.54, 1.807) is 37.3 Å². The van der Waals surface area contributed by atoms with Crippen LogP contribution in [-0.4, -0.2) is 54.3 Å². The van der Waals surface area contributed by atoms with Gasteiger partial charge in [-0.2, -0.15) is 0 Å². The van der Waals surface area contributed by atoms with Gasteiger partial charge in [0.15, 0.2) is 5.82 Å². The van der Waals surface area contributed by atoms with Crippen LogP contribution in [0.2, 0.25) is 0 Å². The zero-order valence-corrected chi connectivity index (χ0v) is 31.8. The van der Waals surface area contributed by atoms with Gasteiger partial charge in [-0.15, -0.1) is 18.3 Å². The van der Waals surface area contributed by atoms with Crippen LogP contribution in [0.1, 0.15) is 75.9 Å². The molecule has 1 heterocycles. The molecule has 3 aliphatic carbocycles. The van der Waals surface area contributed by atoms with E-state index < -0.39 is 44.9 Å². The summed E-state index contributed by atoms with van der Waals surface area (Å²) >= 11 is 1.24. The zero-order chi connectivity index (χ0) is 37.6. The van der Waals surface area contributed by atoms with Crippen LogP contribution in [0.5, 0.6) is 0 Å². The normalized spacial score (nSPS) is 31.5. The lowest BCUT2D eigenvalue weighted by molar-refractivity contribution is -0.205. The Morgan fingerprint density at radius 3 is 2.54 bits per heavy atom. The number of esters is 1. The molecule has 0 spiro atoms. The number of aliphatic hydroxyl groups is 1. The number of carbonyl (C=O) groups excluding carboxylic acids is 3. The molecule has 6 rings (SSSR count). The Balaban J connectivity index is 1.12. The van der Waals surface area contributed by atoms with Crippen LogP contribution in [0.3, 0.4) is 0 Å². The van der Waals surface area contributed by atoms with Gasteiger partial charge in [0, 0.05) is 45.4 Å². The molecule has 0 radical (unpaired) electrons. The molecular weight excluding hydrogens is 703 g/mol. The number of nitrogens with one attached hydrogen (secondary N) is 2. The third-order valence-electron chi connectivity index (χ3n) is 12.3. The van der Waals surface area contributed by atoms with Gasteiger partial charge in [-0.3, -0.25) is 19.1 Å². The van der Waals surface area contributed by atoms with Crippen molar-refractivity contribution in [1.82, 2.24) is 5.16 Å². The van der Waals surface area contributed by atoms with Crippen molar-refractivity contribution in [3.05, 3.63) is 78.6 Å². The van der Waals surface area contributed by atoms with Gasteiger partial charge in [0.1, 0.15) is 17.6 Å². The van der Waals surface area contributed by atoms with Crippen LogP contribution < -0.4 is 10.0 Å². The number of carbonyl (C=O) groups is 3. The molecule has 2 bridgehead atoms. The molecule has 3 saturated carbocycles. The van der Waals surface area contributed by atoms with Gasteiger partial charge in [0.05, 0.1) is 16.8 Å². The maximum atomic E-state index is 13.7. The molecule has 3 aromatic rings. The fraction of sp³-hybridized carbons (Fsp3) is 0.487. The largest absolute Gasteiger partial charge is 0.461 e. The van der Waals surface area contributed by atoms with Crippen molar-refractivity contribution < 1.29 is 37.2 Å². The van der Waals surface area contributed by atoms with Crippen molar-refractivity contribution in [2.24, 2.45) is 34.0 Å². The first-order valence-electron chi connectivity index (χ1n) is 17.7. The number of sulfonamides is 1. The number of hydrogen-bond donors (Lipinski definition) is 3. The summed E-state index contributed by atoms with van der Waals surface area (Å²) < 4.78 is 39.0. The lowest BCUT2D eigenvalue weighted by Gasteiger charge is -2.61. The summed E-state index contributed by atoms with van der Waals surface area (Å²) in [5, 5.41) is 18.2. The SMILES string of the molecule is C=C[C@]1(C)C[C@@H](OC(=O)CSc2cccc(C(=O)Nc3ccc(S(=O)(=O)Nc4cc(C)on4)cc3)c2)[C@]2(C)[C@H](C)CC[C@]3(CCC(=O)[C@H]32)[C@@H](C)[C@@H]1O. The first kappa shape index (κ1) is 37.8. The van der Waals surface area contributed by atoms with Crippen molar-refractivity contribution in [2.45, 2.75) is 88.7 Å². The molecule has 0 saturated heterocycles. The smallest absolute Gasteiger partial charge is 0.316 e. The summed E-state index contributed by atoms with van der Waals surface area (Å²) in [5.41, 5.74) is -0.926. The number of ether oxygens (including phenoxy) is 1. The highest BCUT2D eigenvalue weighted by Crippen LogP contribution is 2.68. The minimum atomic E-state index is -3.91. The average Bonchev–Trinajstić information content (AvgIpc) is 3.69. The summed E-state index contributed by atoms with van der Waals surface area (Å²) in [6, 6.07) is 14.0. The van der Waals surface area contributed by atoms with Crippen LogP contribution in [0.25, 0.3) is 0 Å². The maximum Gasteiger partial charge on any atom is 0.316 e. The second-order valence-corrected chi connectivity index (χ2v) is 18.0. The van der Waals surface area contributed by atoms with E-state index in [0.717, 1.165) is 19.3 Å². The Hall–Kier alpha value is -3.94. The van der Waals surface area contributed by atoms with Crippen LogP contribution in [-0.2, 0) is 24.3 Å². The Labute approximate surface area is 309 Å². The van der Waals surface area contributed by atoms with Gasteiger partial charge in [0.2, 0.25) is 0 Å². The summed E-state index contributed by atoms with van der Waals surface area (Å²) in [6.45, 7) is 14.0. The monoisotopic (exact) mass is 749 g/mol. The second-order valence-electron chi connectivity index (χ2n) is 15.3. The summed E-state index contributed by atoms with van der Waals surface area (Å²) in [7, 11) is -3.91. The number of aryl methyl sites for hydroxylation is 1. The van der Waals surface area contributed by atoms with E-state index in [9.17, 15) is 27.9 Å². The summed E-state index contributed by atoms with van der Waals surface area (Å²) in [5.74, 6) is -0.407. The number of amides is 1. The van der Waals surface area contributed by atoms with E-state index in [2.05, 4.69) is 42.5 Å². The Kier molecular flexibility index (Phi) is 10.3. The summed E-state index contributed by atoms with van der Waals surface area (Å²) in [4.78, 5) is 41.1. The van der Waals surface area contributed by atoms with Crippen molar-refractivity contribution in [3.8, 4) is 0 Å². The van der Waals surface area contributed by atoms with E-state index in [0.29, 0.717) is 34.7 Å². The number of aliphatic hydroxyl groups excluding tert-OH is 1. The van der Waals surface area contributed by atoms with E-state index >= 15 is 0 Å². The number of aromatic nitrogens is 1. The fourth-order valence-corrected chi connectivity index (χ4v) is 10.8. The quantitative estimate of drug-likeness (QED) is 0.111. The Bertz CT molecular complexity index is 1980. The molecule has 278 valence electrons. The first-order chi connectivity index (χ1) is 24.5. The third-order valence-corrected chi connectivity index (χ3v) is 14.7. The molecule has 11 nitrogen and oxygen atoms in total. The predicted molar refractivity (Wildman–Crippen MR) is 198 cm³/mol. The minimum Gasteiger partial charge on any atom is -0.461 e. The van der Waals surface area contributed by atoms with Gasteiger partial charge < -0.3 is 19.7 Å². The number of Topliss-reactive ketones (excluding diaryl/α,β-unsaturated/α-hetero) is 1. The van der Waals surface area contributed by atoms with E-state index in [1.165, 1.54) is 42.1 Å². The Morgan fingerprint density at radius 1 is 1.13 bits per heavy atom. The maximum absolute atomic E-state index is 13.7. The molecule has 8 atom stereocenters. The number of nitrogens with zero attached hydrogens (tertiary/aromatic N) is 1. The van der Waals surface area contributed by atoms with Crippen LogP contribution >= 0.6 is 11.8 Å². The van der Waals surface area contributed by atoms with Gasteiger partial charge in [-0.25, -0.2) is 8.42 Å². The molecule has 3 N–H and O–H groups in total. The number of ketones is 1. The molecule has 0 aliphatic heterocycles. The topological polar surface area (TPSA) is 165 Å². The van der Waals surface area contributed by atoms with Gasteiger partial charge in [-0.05, 0) is 92.3 Å². The highest BCUT2D eigenvalue weighted by molar-refractivity contribution is 8.00. The second kappa shape index (κ2) is 14.1. The average molecular weight is 750 g/mol. The van der Waals surface area contributed by atoms with Crippen LogP contribution in [0.15, 0.2) is 81.6 Å².